The van der Waals surface area contributed by atoms with Gasteiger partial charge in [0.2, 0.25) is 5.75 Å². The predicted octanol–water partition coefficient (Wildman–Crippen LogP) is 6.83. The highest BCUT2D eigenvalue weighted by molar-refractivity contribution is 9.10. The van der Waals surface area contributed by atoms with E-state index in [1.165, 1.54) is 47.3 Å². The average molecular weight is 588 g/mol. The molecule has 0 saturated heterocycles. The largest absolute Gasteiger partial charge is 0.481 e. The van der Waals surface area contributed by atoms with Gasteiger partial charge in [-0.1, -0.05) is 53.5 Å². The summed E-state index contributed by atoms with van der Waals surface area (Å²) in [7, 11) is 0. The molecule has 0 spiro atoms. The van der Waals surface area contributed by atoms with Crippen LogP contribution in [0.4, 0.5) is 10.1 Å². The van der Waals surface area contributed by atoms with Crippen molar-refractivity contribution in [1.29, 1.82) is 0 Å². The van der Waals surface area contributed by atoms with Gasteiger partial charge in [0.15, 0.2) is 0 Å². The standard InChI is InChI=1S/C26H21BrClFN4O4/c1-3-15(2)25-31-22-9-6-18(27)11-21(22)26(34)32(25)30-13-17-10-19(28)12-23(33(35)36)24(17)37-14-16-4-7-20(29)8-5-16/h4-13,15H,3,14H2,1-2H3/t15-/m0/s1. The van der Waals surface area contributed by atoms with Crippen LogP contribution in [-0.2, 0) is 6.61 Å². The number of halogens is 3. The molecule has 8 nitrogen and oxygen atoms in total. The minimum absolute atomic E-state index is 0.0623. The molecule has 11 heteroatoms. The third-order valence-corrected chi connectivity index (χ3v) is 6.47. The Morgan fingerprint density at radius 1 is 1.24 bits per heavy atom. The summed E-state index contributed by atoms with van der Waals surface area (Å²) in [5.74, 6) is -0.144. The lowest BCUT2D eigenvalue weighted by Gasteiger charge is -2.14. The Balaban J connectivity index is 1.83. The SMILES string of the molecule is CC[C@H](C)c1nc2ccc(Br)cc2c(=O)n1N=Cc1cc(Cl)cc([N+](=O)[O-])c1OCc1ccc(F)cc1. The summed E-state index contributed by atoms with van der Waals surface area (Å²) < 4.78 is 21.0. The third-order valence-electron chi connectivity index (χ3n) is 5.75. The third kappa shape index (κ3) is 5.86. The van der Waals surface area contributed by atoms with E-state index in [1.54, 1.807) is 18.2 Å². The molecule has 0 radical (unpaired) electrons. The van der Waals surface area contributed by atoms with Crippen LogP contribution in [0.5, 0.6) is 5.75 Å². The van der Waals surface area contributed by atoms with Gasteiger partial charge in [-0.3, -0.25) is 14.9 Å². The first kappa shape index (κ1) is 26.4. The normalized spacial score (nSPS) is 12.2. The van der Waals surface area contributed by atoms with Gasteiger partial charge in [0.1, 0.15) is 18.2 Å². The molecule has 1 aromatic heterocycles. The van der Waals surface area contributed by atoms with Crippen molar-refractivity contribution in [2.24, 2.45) is 5.10 Å². The number of benzene rings is 3. The fourth-order valence-electron chi connectivity index (χ4n) is 3.62. The molecule has 1 atom stereocenters. The predicted molar refractivity (Wildman–Crippen MR) is 144 cm³/mol. The van der Waals surface area contributed by atoms with Crippen molar-refractivity contribution >= 4 is 50.3 Å². The Hall–Kier alpha value is -3.63. The molecule has 0 aliphatic heterocycles. The van der Waals surface area contributed by atoms with E-state index in [0.717, 1.165) is 0 Å². The van der Waals surface area contributed by atoms with E-state index in [4.69, 9.17) is 16.3 Å². The summed E-state index contributed by atoms with van der Waals surface area (Å²) in [6.45, 7) is 3.84. The Labute approximate surface area is 224 Å². The van der Waals surface area contributed by atoms with Gasteiger partial charge in [0.05, 0.1) is 22.0 Å². The molecule has 0 saturated carbocycles. The van der Waals surface area contributed by atoms with Crippen LogP contribution in [0.3, 0.4) is 0 Å². The molecule has 3 aromatic carbocycles. The van der Waals surface area contributed by atoms with Crippen LogP contribution in [0.1, 0.15) is 43.1 Å². The minimum Gasteiger partial charge on any atom is -0.481 e. The molecule has 0 fully saturated rings. The summed E-state index contributed by atoms with van der Waals surface area (Å²) in [5.41, 5.74) is 0.580. The summed E-state index contributed by atoms with van der Waals surface area (Å²) in [6.07, 6.45) is 2.00. The van der Waals surface area contributed by atoms with Crippen LogP contribution in [0.15, 0.2) is 69.0 Å². The van der Waals surface area contributed by atoms with E-state index in [2.05, 4.69) is 26.0 Å². The maximum absolute atomic E-state index is 13.4. The van der Waals surface area contributed by atoms with Crippen molar-refractivity contribution in [2.45, 2.75) is 32.8 Å². The number of hydrogen-bond acceptors (Lipinski definition) is 6. The number of fused-ring (bicyclic) bond motifs is 1. The van der Waals surface area contributed by atoms with Gasteiger partial charge in [0, 0.05) is 27.0 Å². The lowest BCUT2D eigenvalue weighted by atomic mass is 10.1. The van der Waals surface area contributed by atoms with Gasteiger partial charge in [-0.15, -0.1) is 0 Å². The number of nitro groups is 1. The zero-order valence-corrected chi connectivity index (χ0v) is 22.2. The highest BCUT2D eigenvalue weighted by Gasteiger charge is 2.22. The van der Waals surface area contributed by atoms with Crippen LogP contribution in [0.25, 0.3) is 10.9 Å². The number of rotatable bonds is 8. The van der Waals surface area contributed by atoms with Gasteiger partial charge in [-0.25, -0.2) is 9.37 Å². The van der Waals surface area contributed by atoms with Crippen molar-refractivity contribution in [1.82, 2.24) is 9.66 Å². The van der Waals surface area contributed by atoms with Crippen LogP contribution >= 0.6 is 27.5 Å². The molecule has 37 heavy (non-hydrogen) atoms. The molecule has 0 aliphatic carbocycles. The molecule has 0 aliphatic rings. The quantitative estimate of drug-likeness (QED) is 0.128. The van der Waals surface area contributed by atoms with E-state index in [0.29, 0.717) is 33.2 Å². The van der Waals surface area contributed by atoms with Gasteiger partial charge in [-0.05, 0) is 48.4 Å². The first-order valence-electron chi connectivity index (χ1n) is 11.3. The van der Waals surface area contributed by atoms with Crippen molar-refractivity contribution in [3.63, 3.8) is 0 Å². The second kappa shape index (κ2) is 11.2. The Morgan fingerprint density at radius 2 is 1.97 bits per heavy atom. The maximum Gasteiger partial charge on any atom is 0.313 e. The highest BCUT2D eigenvalue weighted by Crippen LogP contribution is 2.34. The van der Waals surface area contributed by atoms with Crippen LogP contribution in [-0.4, -0.2) is 20.8 Å². The van der Waals surface area contributed by atoms with Gasteiger partial charge in [0.25, 0.3) is 5.56 Å². The maximum atomic E-state index is 13.4. The fraction of sp³-hybridized carbons (Fsp3) is 0.192. The minimum atomic E-state index is -0.616. The number of aromatic nitrogens is 2. The Morgan fingerprint density at radius 3 is 2.65 bits per heavy atom. The van der Waals surface area contributed by atoms with Crippen LogP contribution in [0.2, 0.25) is 5.02 Å². The second-order valence-corrected chi connectivity index (χ2v) is 9.67. The number of nitro benzene ring substituents is 1. The molecular formula is C26H21BrClFN4O4. The summed E-state index contributed by atoms with van der Waals surface area (Å²) in [5, 5.41) is 16.6. The number of hydrogen-bond donors (Lipinski definition) is 0. The van der Waals surface area contributed by atoms with Crippen molar-refractivity contribution in [3.8, 4) is 5.75 Å². The molecule has 190 valence electrons. The molecular weight excluding hydrogens is 567 g/mol. The van der Waals surface area contributed by atoms with Gasteiger partial charge in [-0.2, -0.15) is 9.78 Å². The second-order valence-electron chi connectivity index (χ2n) is 8.32. The van der Waals surface area contributed by atoms with Crippen LogP contribution < -0.4 is 10.3 Å². The molecule has 0 unspecified atom stereocenters. The smallest absolute Gasteiger partial charge is 0.313 e. The van der Waals surface area contributed by atoms with Gasteiger partial charge < -0.3 is 4.74 Å². The molecule has 4 aromatic rings. The van der Waals surface area contributed by atoms with E-state index in [9.17, 15) is 19.3 Å². The van der Waals surface area contributed by atoms with Crippen molar-refractivity contribution < 1.29 is 14.1 Å². The monoisotopic (exact) mass is 586 g/mol. The topological polar surface area (TPSA) is 99.6 Å². The van der Waals surface area contributed by atoms with Crippen molar-refractivity contribution in [3.05, 3.63) is 107 Å². The van der Waals surface area contributed by atoms with E-state index in [-0.39, 0.29) is 40.1 Å². The average Bonchev–Trinajstić information content (AvgIpc) is 2.87. The number of nitrogens with zero attached hydrogens (tertiary/aromatic N) is 4. The summed E-state index contributed by atoms with van der Waals surface area (Å²) in [4.78, 5) is 29.2. The van der Waals surface area contributed by atoms with Crippen LogP contribution in [0, 0.1) is 15.9 Å². The van der Waals surface area contributed by atoms with E-state index >= 15 is 0 Å². The first-order valence-corrected chi connectivity index (χ1v) is 12.5. The number of ether oxygens (including phenoxy) is 1. The summed E-state index contributed by atoms with van der Waals surface area (Å²) >= 11 is 9.54. The lowest BCUT2D eigenvalue weighted by molar-refractivity contribution is -0.385. The van der Waals surface area contributed by atoms with Gasteiger partial charge >= 0.3 is 5.69 Å². The lowest BCUT2D eigenvalue weighted by Crippen LogP contribution is -2.23. The molecule has 1 heterocycles. The molecule has 0 amide bonds. The fourth-order valence-corrected chi connectivity index (χ4v) is 4.21. The zero-order chi connectivity index (χ0) is 26.7. The molecule has 4 rings (SSSR count). The molecule has 0 bridgehead atoms. The summed E-state index contributed by atoms with van der Waals surface area (Å²) in [6, 6.07) is 13.4. The Kier molecular flexibility index (Phi) is 7.99. The first-order chi connectivity index (χ1) is 17.7. The zero-order valence-electron chi connectivity index (χ0n) is 19.8. The molecule has 0 N–H and O–H groups in total. The van der Waals surface area contributed by atoms with E-state index < -0.39 is 10.7 Å². The highest BCUT2D eigenvalue weighted by atomic mass is 79.9. The van der Waals surface area contributed by atoms with Crippen molar-refractivity contribution in [2.75, 3.05) is 0 Å². The van der Waals surface area contributed by atoms with E-state index in [1.807, 2.05) is 13.8 Å². The Bertz CT molecular complexity index is 1570.